The van der Waals surface area contributed by atoms with Crippen molar-refractivity contribution in [1.82, 2.24) is 0 Å². The van der Waals surface area contributed by atoms with Gasteiger partial charge in [0.1, 0.15) is 4.21 Å². The predicted molar refractivity (Wildman–Crippen MR) is 73.1 cm³/mol. The van der Waals surface area contributed by atoms with E-state index >= 15 is 0 Å². The molecular weight excluding hydrogens is 286 g/mol. The molecule has 5 nitrogen and oxygen atoms in total. The van der Waals surface area contributed by atoms with Gasteiger partial charge in [0.05, 0.1) is 16.9 Å². The van der Waals surface area contributed by atoms with Crippen molar-refractivity contribution in [2.75, 3.05) is 5.75 Å². The van der Waals surface area contributed by atoms with Crippen LogP contribution in [0, 0.1) is 5.41 Å². The zero-order chi connectivity index (χ0) is 14.3. The van der Waals surface area contributed by atoms with Crippen LogP contribution in [0.5, 0.6) is 0 Å². The first-order valence-corrected chi connectivity index (χ1v) is 8.34. The van der Waals surface area contributed by atoms with Crippen LogP contribution >= 0.6 is 11.3 Å². The van der Waals surface area contributed by atoms with Crippen LogP contribution in [0.1, 0.15) is 32.8 Å². The molecule has 0 radical (unpaired) electrons. The number of oxime groups is 1. The van der Waals surface area contributed by atoms with Crippen molar-refractivity contribution in [1.29, 1.82) is 0 Å². The molecule has 104 valence electrons. The first-order chi connectivity index (χ1) is 8.72. The minimum Gasteiger partial charge on any atom is -0.317 e. The Kier molecular flexibility index (Phi) is 3.53. The minimum absolute atomic E-state index is 0.00636. The molecule has 0 unspecified atom stereocenters. The molecular formula is C12H15NO4S2. The van der Waals surface area contributed by atoms with Gasteiger partial charge in [0, 0.05) is 12.0 Å². The third-order valence-corrected chi connectivity index (χ3v) is 5.96. The SMILES string of the molecule is CC(C)(C)C(=O)O/N=C1/CCS(=O)(=O)c2sccc21. The molecule has 1 aliphatic rings. The molecule has 0 fully saturated rings. The molecule has 19 heavy (non-hydrogen) atoms. The van der Waals surface area contributed by atoms with E-state index in [4.69, 9.17) is 4.84 Å². The highest BCUT2D eigenvalue weighted by Gasteiger charge is 2.30. The Bertz CT molecular complexity index is 635. The molecule has 1 aromatic heterocycles. The van der Waals surface area contributed by atoms with Gasteiger partial charge >= 0.3 is 5.97 Å². The van der Waals surface area contributed by atoms with E-state index in [1.54, 1.807) is 32.2 Å². The van der Waals surface area contributed by atoms with Crippen LogP contribution in [0.4, 0.5) is 0 Å². The van der Waals surface area contributed by atoms with Crippen LogP contribution in [-0.4, -0.2) is 25.9 Å². The van der Waals surface area contributed by atoms with Gasteiger partial charge in [-0.1, -0.05) is 5.16 Å². The van der Waals surface area contributed by atoms with Crippen molar-refractivity contribution in [3.63, 3.8) is 0 Å². The lowest BCUT2D eigenvalue weighted by molar-refractivity contribution is -0.152. The maximum Gasteiger partial charge on any atom is 0.340 e. The van der Waals surface area contributed by atoms with Crippen molar-refractivity contribution >= 4 is 32.9 Å². The van der Waals surface area contributed by atoms with E-state index in [0.29, 0.717) is 15.5 Å². The zero-order valence-corrected chi connectivity index (χ0v) is 12.6. The van der Waals surface area contributed by atoms with Crippen molar-refractivity contribution < 1.29 is 18.0 Å². The fourth-order valence-electron chi connectivity index (χ4n) is 1.54. The van der Waals surface area contributed by atoms with Crippen LogP contribution in [0.3, 0.4) is 0 Å². The minimum atomic E-state index is -3.20. The summed E-state index contributed by atoms with van der Waals surface area (Å²) in [6.45, 7) is 5.20. The number of sulfone groups is 1. The van der Waals surface area contributed by atoms with E-state index in [-0.39, 0.29) is 12.2 Å². The molecule has 1 aromatic rings. The normalized spacial score (nSPS) is 20.1. The molecule has 7 heteroatoms. The van der Waals surface area contributed by atoms with Gasteiger partial charge in [-0.05, 0) is 32.2 Å². The molecule has 2 rings (SSSR count). The molecule has 0 spiro atoms. The summed E-state index contributed by atoms with van der Waals surface area (Å²) in [6, 6.07) is 1.69. The molecule has 2 heterocycles. The molecule has 0 saturated heterocycles. The summed E-state index contributed by atoms with van der Waals surface area (Å²) >= 11 is 1.17. The molecule has 0 amide bonds. The zero-order valence-electron chi connectivity index (χ0n) is 11.0. The molecule has 0 saturated carbocycles. The number of thiophene rings is 1. The molecule has 0 bridgehead atoms. The number of hydrogen-bond donors (Lipinski definition) is 0. The van der Waals surface area contributed by atoms with E-state index in [2.05, 4.69) is 5.16 Å². The third kappa shape index (κ3) is 2.87. The summed E-state index contributed by atoms with van der Waals surface area (Å²) < 4.78 is 24.0. The fraction of sp³-hybridized carbons (Fsp3) is 0.500. The average molecular weight is 301 g/mol. The van der Waals surface area contributed by atoms with Crippen LogP contribution in [0.15, 0.2) is 20.8 Å². The molecule has 1 aliphatic heterocycles. The van der Waals surface area contributed by atoms with Gasteiger partial charge in [-0.25, -0.2) is 13.2 Å². The van der Waals surface area contributed by atoms with Gasteiger partial charge in [0.15, 0.2) is 9.84 Å². The standard InChI is InChI=1S/C12H15NO4S2/c1-12(2,3)11(14)17-13-9-5-7-19(15,16)10-8(9)4-6-18-10/h4,6H,5,7H2,1-3H3/b13-9-. The number of nitrogens with zero attached hydrogens (tertiary/aromatic N) is 1. The first kappa shape index (κ1) is 14.2. The van der Waals surface area contributed by atoms with E-state index in [9.17, 15) is 13.2 Å². The van der Waals surface area contributed by atoms with Gasteiger partial charge in [-0.3, -0.25) is 0 Å². The number of carbonyl (C=O) groups excluding carboxylic acids is 1. The average Bonchev–Trinajstić information content (AvgIpc) is 2.76. The first-order valence-electron chi connectivity index (χ1n) is 5.81. The molecule has 0 aliphatic carbocycles. The summed E-state index contributed by atoms with van der Waals surface area (Å²) in [4.78, 5) is 16.5. The number of hydrogen-bond acceptors (Lipinski definition) is 6. The van der Waals surface area contributed by atoms with Gasteiger partial charge in [0.25, 0.3) is 0 Å². The summed E-state index contributed by atoms with van der Waals surface area (Å²) in [6.07, 6.45) is 0.267. The monoisotopic (exact) mass is 301 g/mol. The maximum atomic E-state index is 11.8. The summed E-state index contributed by atoms with van der Waals surface area (Å²) in [5, 5.41) is 5.54. The van der Waals surface area contributed by atoms with Gasteiger partial charge in [-0.2, -0.15) is 0 Å². The molecule has 0 aromatic carbocycles. The van der Waals surface area contributed by atoms with E-state index in [1.165, 1.54) is 11.3 Å². The smallest absolute Gasteiger partial charge is 0.317 e. The number of carbonyl (C=O) groups is 1. The highest BCUT2D eigenvalue weighted by molar-refractivity contribution is 7.93. The van der Waals surface area contributed by atoms with Gasteiger partial charge in [-0.15, -0.1) is 11.3 Å². The second-order valence-electron chi connectivity index (χ2n) is 5.36. The molecule has 0 N–H and O–H groups in total. The Hall–Kier alpha value is -1.21. The number of rotatable bonds is 1. The lowest BCUT2D eigenvalue weighted by atomic mass is 9.98. The van der Waals surface area contributed by atoms with Gasteiger partial charge in [0.2, 0.25) is 0 Å². The Morgan fingerprint density at radius 1 is 1.42 bits per heavy atom. The Labute approximate surface area is 116 Å². The predicted octanol–water partition coefficient (Wildman–Crippen LogP) is 2.22. The lowest BCUT2D eigenvalue weighted by Crippen LogP contribution is -2.24. The van der Waals surface area contributed by atoms with Crippen LogP contribution < -0.4 is 0 Å². The topological polar surface area (TPSA) is 72.8 Å². The summed E-state index contributed by atoms with van der Waals surface area (Å²) in [5.41, 5.74) is 0.434. The quantitative estimate of drug-likeness (QED) is 0.589. The third-order valence-electron chi connectivity index (χ3n) is 2.68. The van der Waals surface area contributed by atoms with Crippen molar-refractivity contribution in [2.45, 2.75) is 31.4 Å². The van der Waals surface area contributed by atoms with E-state index in [0.717, 1.165) is 0 Å². The number of fused-ring (bicyclic) bond motifs is 1. The highest BCUT2D eigenvalue weighted by atomic mass is 32.2. The molecule has 0 atom stereocenters. The van der Waals surface area contributed by atoms with Crippen LogP contribution in [0.25, 0.3) is 0 Å². The Balaban J connectivity index is 2.28. The van der Waals surface area contributed by atoms with Crippen molar-refractivity contribution in [3.8, 4) is 0 Å². The van der Waals surface area contributed by atoms with Crippen LogP contribution in [0.2, 0.25) is 0 Å². The van der Waals surface area contributed by atoms with Crippen LogP contribution in [-0.2, 0) is 19.5 Å². The summed E-state index contributed by atoms with van der Waals surface area (Å²) in [7, 11) is -3.20. The van der Waals surface area contributed by atoms with Crippen molar-refractivity contribution in [2.24, 2.45) is 10.6 Å². The van der Waals surface area contributed by atoms with Gasteiger partial charge < -0.3 is 4.84 Å². The van der Waals surface area contributed by atoms with E-state index < -0.39 is 21.2 Å². The highest BCUT2D eigenvalue weighted by Crippen LogP contribution is 2.30. The second-order valence-corrected chi connectivity index (χ2v) is 8.58. The second kappa shape index (κ2) is 4.72. The Morgan fingerprint density at radius 3 is 2.74 bits per heavy atom. The fourth-order valence-corrected chi connectivity index (χ4v) is 4.35. The lowest BCUT2D eigenvalue weighted by Gasteiger charge is -2.16. The summed E-state index contributed by atoms with van der Waals surface area (Å²) in [5.74, 6) is -0.433. The largest absolute Gasteiger partial charge is 0.340 e. The van der Waals surface area contributed by atoms with Crippen molar-refractivity contribution in [3.05, 3.63) is 17.0 Å². The van der Waals surface area contributed by atoms with E-state index in [1.807, 2.05) is 0 Å². The maximum absolute atomic E-state index is 11.8. The Morgan fingerprint density at radius 2 is 2.11 bits per heavy atom.